The van der Waals surface area contributed by atoms with Gasteiger partial charge in [0.15, 0.2) is 5.17 Å². The van der Waals surface area contributed by atoms with Crippen molar-refractivity contribution < 1.29 is 0 Å². The number of aliphatic imine (C=N–C) groups is 1. The Kier molecular flexibility index (Phi) is 3.94. The molecule has 96 valence electrons. The van der Waals surface area contributed by atoms with E-state index in [0.29, 0.717) is 12.1 Å². The second kappa shape index (κ2) is 5.64. The monoisotopic (exact) mass is 252 g/mol. The lowest BCUT2D eigenvalue weighted by Gasteiger charge is -2.26. The van der Waals surface area contributed by atoms with Crippen molar-refractivity contribution in [3.63, 3.8) is 0 Å². The van der Waals surface area contributed by atoms with E-state index in [1.54, 1.807) is 0 Å². The highest BCUT2D eigenvalue weighted by Crippen LogP contribution is 2.35. The highest BCUT2D eigenvalue weighted by Gasteiger charge is 2.31. The van der Waals surface area contributed by atoms with E-state index >= 15 is 0 Å². The van der Waals surface area contributed by atoms with E-state index in [-0.39, 0.29) is 0 Å². The van der Waals surface area contributed by atoms with Gasteiger partial charge >= 0.3 is 0 Å². The quantitative estimate of drug-likeness (QED) is 0.722. The van der Waals surface area contributed by atoms with E-state index in [9.17, 15) is 0 Å². The molecule has 1 heterocycles. The van der Waals surface area contributed by atoms with Crippen molar-refractivity contribution in [2.45, 2.75) is 69.9 Å². The normalized spacial score (nSPS) is 34.9. The summed E-state index contributed by atoms with van der Waals surface area (Å²) < 4.78 is 0. The second-order valence-corrected chi connectivity index (χ2v) is 6.85. The summed E-state index contributed by atoms with van der Waals surface area (Å²) in [5.41, 5.74) is 0. The Morgan fingerprint density at radius 1 is 0.941 bits per heavy atom. The van der Waals surface area contributed by atoms with Crippen LogP contribution in [-0.2, 0) is 0 Å². The summed E-state index contributed by atoms with van der Waals surface area (Å²) in [5, 5.41) is 4.99. The number of hydrogen-bond donors (Lipinski definition) is 1. The van der Waals surface area contributed by atoms with Gasteiger partial charge in [-0.25, -0.2) is 0 Å². The summed E-state index contributed by atoms with van der Waals surface area (Å²) >= 11 is 1.98. The minimum Gasteiger partial charge on any atom is -0.362 e. The molecule has 1 aliphatic heterocycles. The predicted molar refractivity (Wildman–Crippen MR) is 75.6 cm³/mol. The first-order valence-corrected chi connectivity index (χ1v) is 8.37. The SMILES string of the molecule is C1CCCC(NC2=NC3CCCC3CS2)CC1. The molecule has 3 aliphatic rings. The first-order chi connectivity index (χ1) is 8.42. The predicted octanol–water partition coefficient (Wildman–Crippen LogP) is 3.57. The van der Waals surface area contributed by atoms with Crippen LogP contribution >= 0.6 is 11.8 Å². The fraction of sp³-hybridized carbons (Fsp3) is 0.929. The molecule has 0 bridgehead atoms. The number of thioether (sulfide) groups is 1. The molecule has 2 unspecified atom stereocenters. The molecular weight excluding hydrogens is 228 g/mol. The van der Waals surface area contributed by atoms with Crippen molar-refractivity contribution in [3.8, 4) is 0 Å². The topological polar surface area (TPSA) is 24.4 Å². The van der Waals surface area contributed by atoms with Crippen molar-refractivity contribution in [3.05, 3.63) is 0 Å². The van der Waals surface area contributed by atoms with Crippen molar-refractivity contribution >= 4 is 16.9 Å². The van der Waals surface area contributed by atoms with Gasteiger partial charge in [-0.15, -0.1) is 0 Å². The lowest BCUT2D eigenvalue weighted by Crippen LogP contribution is -2.36. The molecule has 17 heavy (non-hydrogen) atoms. The van der Waals surface area contributed by atoms with Gasteiger partial charge in [-0.3, -0.25) is 4.99 Å². The number of fused-ring (bicyclic) bond motifs is 1. The maximum Gasteiger partial charge on any atom is 0.157 e. The Hall–Kier alpha value is -0.180. The van der Waals surface area contributed by atoms with Crippen LogP contribution in [0.2, 0.25) is 0 Å². The van der Waals surface area contributed by atoms with E-state index in [2.05, 4.69) is 5.32 Å². The van der Waals surface area contributed by atoms with Crippen LogP contribution < -0.4 is 5.32 Å². The standard InChI is InChI=1S/C14H24N2S/c1-2-4-8-12(7-3-1)15-14-16-13-9-5-6-11(13)10-17-14/h11-13H,1-10H2,(H,15,16). The average molecular weight is 252 g/mol. The molecule has 0 aromatic rings. The number of amidine groups is 1. The first-order valence-electron chi connectivity index (χ1n) is 7.39. The molecule has 2 saturated carbocycles. The molecule has 1 N–H and O–H groups in total. The van der Waals surface area contributed by atoms with Crippen molar-refractivity contribution in [1.29, 1.82) is 0 Å². The van der Waals surface area contributed by atoms with Crippen LogP contribution in [0, 0.1) is 5.92 Å². The zero-order valence-electron chi connectivity index (χ0n) is 10.7. The molecule has 0 amide bonds. The van der Waals surface area contributed by atoms with Gasteiger partial charge in [-0.1, -0.05) is 43.9 Å². The van der Waals surface area contributed by atoms with E-state index in [0.717, 1.165) is 5.92 Å². The van der Waals surface area contributed by atoms with Crippen LogP contribution in [-0.4, -0.2) is 23.0 Å². The Morgan fingerprint density at radius 2 is 1.76 bits per heavy atom. The van der Waals surface area contributed by atoms with Crippen LogP contribution in [0.15, 0.2) is 4.99 Å². The van der Waals surface area contributed by atoms with Gasteiger partial charge in [0.1, 0.15) is 0 Å². The summed E-state index contributed by atoms with van der Waals surface area (Å²) in [6, 6.07) is 1.37. The van der Waals surface area contributed by atoms with Gasteiger partial charge in [-0.2, -0.15) is 0 Å². The third-order valence-corrected chi connectivity index (χ3v) is 5.61. The van der Waals surface area contributed by atoms with Crippen molar-refractivity contribution in [2.24, 2.45) is 10.9 Å². The molecule has 0 spiro atoms. The van der Waals surface area contributed by atoms with Gasteiger partial charge in [0.2, 0.25) is 0 Å². The summed E-state index contributed by atoms with van der Waals surface area (Å²) in [6.07, 6.45) is 12.5. The van der Waals surface area contributed by atoms with Gasteiger partial charge in [0.25, 0.3) is 0 Å². The highest BCUT2D eigenvalue weighted by molar-refractivity contribution is 8.13. The zero-order chi connectivity index (χ0) is 11.5. The fourth-order valence-corrected chi connectivity index (χ4v) is 4.65. The van der Waals surface area contributed by atoms with Crippen molar-refractivity contribution in [2.75, 3.05) is 5.75 Å². The van der Waals surface area contributed by atoms with Crippen LogP contribution in [0.3, 0.4) is 0 Å². The Balaban J connectivity index is 1.57. The lowest BCUT2D eigenvalue weighted by molar-refractivity contribution is 0.512. The maximum absolute atomic E-state index is 4.94. The van der Waals surface area contributed by atoms with Gasteiger partial charge < -0.3 is 5.32 Å². The molecular formula is C14H24N2S. The Bertz CT molecular complexity index is 282. The van der Waals surface area contributed by atoms with E-state index in [1.807, 2.05) is 11.8 Å². The van der Waals surface area contributed by atoms with Gasteiger partial charge in [0.05, 0.1) is 6.04 Å². The van der Waals surface area contributed by atoms with Crippen LogP contribution in [0.4, 0.5) is 0 Å². The van der Waals surface area contributed by atoms with Crippen LogP contribution in [0.25, 0.3) is 0 Å². The molecule has 0 aromatic carbocycles. The van der Waals surface area contributed by atoms with Crippen LogP contribution in [0.5, 0.6) is 0 Å². The number of hydrogen-bond acceptors (Lipinski definition) is 3. The Morgan fingerprint density at radius 3 is 2.59 bits per heavy atom. The zero-order valence-corrected chi connectivity index (χ0v) is 11.5. The number of nitrogens with zero attached hydrogens (tertiary/aromatic N) is 1. The van der Waals surface area contributed by atoms with E-state index in [4.69, 9.17) is 4.99 Å². The molecule has 0 radical (unpaired) electrons. The van der Waals surface area contributed by atoms with Crippen molar-refractivity contribution in [1.82, 2.24) is 5.32 Å². The molecule has 2 aliphatic carbocycles. The summed E-state index contributed by atoms with van der Waals surface area (Å²) in [4.78, 5) is 4.94. The largest absolute Gasteiger partial charge is 0.362 e. The lowest BCUT2D eigenvalue weighted by atomic mass is 10.1. The first kappa shape index (κ1) is 11.9. The smallest absolute Gasteiger partial charge is 0.157 e. The minimum atomic E-state index is 0.657. The molecule has 2 fully saturated rings. The third kappa shape index (κ3) is 2.98. The Labute approximate surface area is 109 Å². The summed E-state index contributed by atoms with van der Waals surface area (Å²) in [5.74, 6) is 2.20. The average Bonchev–Trinajstić information content (AvgIpc) is 2.65. The summed E-state index contributed by atoms with van der Waals surface area (Å²) in [7, 11) is 0. The summed E-state index contributed by atoms with van der Waals surface area (Å²) in [6.45, 7) is 0. The highest BCUT2D eigenvalue weighted by atomic mass is 32.2. The third-order valence-electron chi connectivity index (χ3n) is 4.52. The molecule has 3 heteroatoms. The minimum absolute atomic E-state index is 0.657. The number of rotatable bonds is 1. The molecule has 3 rings (SSSR count). The van der Waals surface area contributed by atoms with Gasteiger partial charge in [0, 0.05) is 11.8 Å². The molecule has 0 aromatic heterocycles. The number of nitrogens with one attached hydrogen (secondary N) is 1. The molecule has 2 atom stereocenters. The van der Waals surface area contributed by atoms with E-state index < -0.39 is 0 Å². The van der Waals surface area contributed by atoms with Gasteiger partial charge in [-0.05, 0) is 31.6 Å². The van der Waals surface area contributed by atoms with E-state index in [1.165, 1.54) is 68.7 Å². The maximum atomic E-state index is 4.94. The second-order valence-electron chi connectivity index (χ2n) is 5.84. The van der Waals surface area contributed by atoms with Crippen LogP contribution in [0.1, 0.15) is 57.8 Å². The molecule has 0 saturated heterocycles. The molecule has 2 nitrogen and oxygen atoms in total. The fourth-order valence-electron chi connectivity index (χ4n) is 3.43.